The van der Waals surface area contributed by atoms with E-state index in [0.717, 1.165) is 5.56 Å². The van der Waals surface area contributed by atoms with E-state index in [-0.39, 0.29) is 5.78 Å². The van der Waals surface area contributed by atoms with E-state index >= 15 is 0 Å². The Morgan fingerprint density at radius 2 is 1.92 bits per heavy atom. The second-order valence-corrected chi connectivity index (χ2v) is 2.81. The highest BCUT2D eigenvalue weighted by atomic mass is 16.1. The SMILES string of the molecule is C=CC(=O)C(C)=Cc1ccccc1. The smallest absolute Gasteiger partial charge is 0.180 e. The van der Waals surface area contributed by atoms with Crippen LogP contribution in [0.2, 0.25) is 0 Å². The van der Waals surface area contributed by atoms with Crippen LogP contribution in [-0.4, -0.2) is 5.78 Å². The topological polar surface area (TPSA) is 17.1 Å². The molecule has 0 spiro atoms. The molecule has 0 radical (unpaired) electrons. The first kappa shape index (κ1) is 9.46. The van der Waals surface area contributed by atoms with Crippen molar-refractivity contribution in [1.29, 1.82) is 0 Å². The molecule has 0 saturated heterocycles. The molecule has 1 heteroatoms. The van der Waals surface area contributed by atoms with Gasteiger partial charge in [0.15, 0.2) is 5.78 Å². The Labute approximate surface area is 78.4 Å². The lowest BCUT2D eigenvalue weighted by molar-refractivity contribution is -0.111. The minimum atomic E-state index is -0.0242. The van der Waals surface area contributed by atoms with E-state index in [2.05, 4.69) is 6.58 Å². The summed E-state index contributed by atoms with van der Waals surface area (Å²) < 4.78 is 0. The van der Waals surface area contributed by atoms with Crippen LogP contribution in [-0.2, 0) is 4.79 Å². The maximum atomic E-state index is 11.1. The summed E-state index contributed by atoms with van der Waals surface area (Å²) in [5.41, 5.74) is 1.75. The number of hydrogen-bond acceptors (Lipinski definition) is 1. The standard InChI is InChI=1S/C12H12O/c1-3-12(13)10(2)9-11-7-5-4-6-8-11/h3-9H,1H2,2H3. The first-order chi connectivity index (χ1) is 6.24. The fourth-order valence-electron chi connectivity index (χ4n) is 1.03. The first-order valence-corrected chi connectivity index (χ1v) is 4.14. The number of ketones is 1. The van der Waals surface area contributed by atoms with E-state index in [1.165, 1.54) is 6.08 Å². The zero-order valence-electron chi connectivity index (χ0n) is 7.66. The summed E-state index contributed by atoms with van der Waals surface area (Å²) in [5.74, 6) is -0.0242. The molecule has 0 unspecified atom stereocenters. The molecule has 1 aromatic rings. The van der Waals surface area contributed by atoms with Crippen molar-refractivity contribution < 1.29 is 4.79 Å². The molecule has 0 heterocycles. The quantitative estimate of drug-likeness (QED) is 0.641. The van der Waals surface area contributed by atoms with Gasteiger partial charge in [0.25, 0.3) is 0 Å². The summed E-state index contributed by atoms with van der Waals surface area (Å²) >= 11 is 0. The van der Waals surface area contributed by atoms with E-state index in [1.807, 2.05) is 36.4 Å². The van der Waals surface area contributed by atoms with Gasteiger partial charge in [0.1, 0.15) is 0 Å². The average Bonchev–Trinajstić information content (AvgIpc) is 2.18. The molecular formula is C12H12O. The molecule has 0 bridgehead atoms. The Morgan fingerprint density at radius 3 is 2.46 bits per heavy atom. The van der Waals surface area contributed by atoms with Crippen molar-refractivity contribution in [3.63, 3.8) is 0 Å². The number of rotatable bonds is 3. The Kier molecular flexibility index (Phi) is 3.21. The van der Waals surface area contributed by atoms with E-state index in [4.69, 9.17) is 0 Å². The summed E-state index contributed by atoms with van der Waals surface area (Å²) in [5, 5.41) is 0. The van der Waals surface area contributed by atoms with Gasteiger partial charge >= 0.3 is 0 Å². The highest BCUT2D eigenvalue weighted by Crippen LogP contribution is 2.06. The molecule has 66 valence electrons. The molecule has 1 nitrogen and oxygen atoms in total. The Morgan fingerprint density at radius 1 is 1.31 bits per heavy atom. The summed E-state index contributed by atoms with van der Waals surface area (Å²) in [6.45, 7) is 5.22. The Balaban J connectivity index is 2.89. The van der Waals surface area contributed by atoms with E-state index < -0.39 is 0 Å². The van der Waals surface area contributed by atoms with Crippen LogP contribution in [0.3, 0.4) is 0 Å². The lowest BCUT2D eigenvalue weighted by atomic mass is 10.1. The fourth-order valence-corrected chi connectivity index (χ4v) is 1.03. The van der Waals surface area contributed by atoms with Crippen LogP contribution in [0, 0.1) is 0 Å². The van der Waals surface area contributed by atoms with Crippen molar-refractivity contribution >= 4 is 11.9 Å². The van der Waals surface area contributed by atoms with Crippen LogP contribution >= 0.6 is 0 Å². The minimum absolute atomic E-state index is 0.0242. The van der Waals surface area contributed by atoms with Crippen molar-refractivity contribution in [3.8, 4) is 0 Å². The molecule has 0 aliphatic heterocycles. The second kappa shape index (κ2) is 4.41. The van der Waals surface area contributed by atoms with Gasteiger partial charge < -0.3 is 0 Å². The first-order valence-electron chi connectivity index (χ1n) is 4.14. The van der Waals surface area contributed by atoms with Gasteiger partial charge in [0, 0.05) is 0 Å². The molecule has 0 aromatic heterocycles. The number of hydrogen-bond donors (Lipinski definition) is 0. The molecule has 1 aromatic carbocycles. The minimum Gasteiger partial charge on any atom is -0.290 e. The maximum absolute atomic E-state index is 11.1. The van der Waals surface area contributed by atoms with Crippen LogP contribution in [0.15, 0.2) is 48.6 Å². The van der Waals surface area contributed by atoms with Gasteiger partial charge in [-0.15, -0.1) is 0 Å². The zero-order chi connectivity index (χ0) is 9.68. The number of carbonyl (C=O) groups is 1. The molecule has 0 atom stereocenters. The molecule has 0 aliphatic rings. The molecule has 0 amide bonds. The monoisotopic (exact) mass is 172 g/mol. The average molecular weight is 172 g/mol. The van der Waals surface area contributed by atoms with E-state index in [0.29, 0.717) is 5.57 Å². The third-order valence-corrected chi connectivity index (χ3v) is 1.76. The summed E-state index contributed by atoms with van der Waals surface area (Å²) in [4.78, 5) is 11.1. The van der Waals surface area contributed by atoms with Crippen molar-refractivity contribution in [3.05, 3.63) is 54.1 Å². The van der Waals surface area contributed by atoms with Gasteiger partial charge in [-0.3, -0.25) is 4.79 Å². The normalized spacial score (nSPS) is 11.0. The van der Waals surface area contributed by atoms with Crippen LogP contribution in [0.25, 0.3) is 6.08 Å². The summed E-state index contributed by atoms with van der Waals surface area (Å²) in [6.07, 6.45) is 3.18. The zero-order valence-corrected chi connectivity index (χ0v) is 7.66. The molecule has 0 saturated carbocycles. The van der Waals surface area contributed by atoms with Gasteiger partial charge in [-0.05, 0) is 30.2 Å². The maximum Gasteiger partial charge on any atom is 0.180 e. The fraction of sp³-hybridized carbons (Fsp3) is 0.0833. The lowest BCUT2D eigenvalue weighted by Crippen LogP contribution is -1.92. The van der Waals surface area contributed by atoms with Gasteiger partial charge in [0.05, 0.1) is 0 Å². The van der Waals surface area contributed by atoms with Gasteiger partial charge in [0.2, 0.25) is 0 Å². The van der Waals surface area contributed by atoms with E-state index in [1.54, 1.807) is 6.92 Å². The predicted molar refractivity (Wildman–Crippen MR) is 55.3 cm³/mol. The van der Waals surface area contributed by atoms with Crippen LogP contribution < -0.4 is 0 Å². The van der Waals surface area contributed by atoms with E-state index in [9.17, 15) is 4.79 Å². The number of carbonyl (C=O) groups excluding carboxylic acids is 1. The molecule has 13 heavy (non-hydrogen) atoms. The number of allylic oxidation sites excluding steroid dienone is 2. The Bertz CT molecular complexity index is 333. The lowest BCUT2D eigenvalue weighted by Gasteiger charge is -1.95. The summed E-state index contributed by atoms with van der Waals surface area (Å²) in [6, 6.07) is 9.75. The Hall–Kier alpha value is -1.63. The van der Waals surface area contributed by atoms with Gasteiger partial charge in [-0.25, -0.2) is 0 Å². The second-order valence-electron chi connectivity index (χ2n) is 2.81. The molecule has 0 fully saturated rings. The van der Waals surface area contributed by atoms with Crippen molar-refractivity contribution in [2.75, 3.05) is 0 Å². The summed E-state index contributed by atoms with van der Waals surface area (Å²) in [7, 11) is 0. The van der Waals surface area contributed by atoms with Crippen LogP contribution in [0.4, 0.5) is 0 Å². The largest absolute Gasteiger partial charge is 0.290 e. The highest BCUT2D eigenvalue weighted by molar-refractivity contribution is 6.06. The molecule has 1 rings (SSSR count). The molecular weight excluding hydrogens is 160 g/mol. The van der Waals surface area contributed by atoms with Crippen LogP contribution in [0.5, 0.6) is 0 Å². The van der Waals surface area contributed by atoms with Crippen molar-refractivity contribution in [1.82, 2.24) is 0 Å². The predicted octanol–water partition coefficient (Wildman–Crippen LogP) is 2.85. The van der Waals surface area contributed by atoms with Gasteiger partial charge in [-0.2, -0.15) is 0 Å². The van der Waals surface area contributed by atoms with Crippen molar-refractivity contribution in [2.24, 2.45) is 0 Å². The molecule has 0 aliphatic carbocycles. The van der Waals surface area contributed by atoms with Gasteiger partial charge in [-0.1, -0.05) is 36.9 Å². The van der Waals surface area contributed by atoms with Crippen molar-refractivity contribution in [2.45, 2.75) is 6.92 Å². The number of benzene rings is 1. The molecule has 0 N–H and O–H groups in total. The third-order valence-electron chi connectivity index (χ3n) is 1.76. The third kappa shape index (κ3) is 2.71. The highest BCUT2D eigenvalue weighted by Gasteiger charge is 1.97. The van der Waals surface area contributed by atoms with Crippen LogP contribution in [0.1, 0.15) is 12.5 Å².